The number of anilines is 2. The molecule has 0 fully saturated rings. The summed E-state index contributed by atoms with van der Waals surface area (Å²) in [5, 5.41) is 6.23. The summed E-state index contributed by atoms with van der Waals surface area (Å²) >= 11 is 5.84. The van der Waals surface area contributed by atoms with Crippen molar-refractivity contribution in [3.8, 4) is 0 Å². The standard InChI is InChI=1S/C21H17ClN2O2/c1-14-5-2-3-8-19(14)21(26)24-18-7-4-6-17(13-18)23-20(25)15-9-11-16(22)12-10-15/h2-13H,1H3,(H,23,25)(H,24,26). The van der Waals surface area contributed by atoms with Gasteiger partial charge in [-0.3, -0.25) is 9.59 Å². The average Bonchev–Trinajstić information content (AvgIpc) is 2.63. The fourth-order valence-corrected chi connectivity index (χ4v) is 2.63. The van der Waals surface area contributed by atoms with Crippen molar-refractivity contribution in [1.82, 2.24) is 0 Å². The van der Waals surface area contributed by atoms with Crippen molar-refractivity contribution in [2.45, 2.75) is 6.92 Å². The van der Waals surface area contributed by atoms with Crippen LogP contribution in [0.5, 0.6) is 0 Å². The van der Waals surface area contributed by atoms with Gasteiger partial charge < -0.3 is 10.6 Å². The summed E-state index contributed by atoms with van der Waals surface area (Å²) in [5.74, 6) is -0.437. The molecule has 0 unspecified atom stereocenters. The molecule has 2 N–H and O–H groups in total. The van der Waals surface area contributed by atoms with Gasteiger partial charge in [0.15, 0.2) is 0 Å². The number of amides is 2. The van der Waals surface area contributed by atoms with Crippen LogP contribution in [0.15, 0.2) is 72.8 Å². The number of carbonyl (C=O) groups is 2. The van der Waals surface area contributed by atoms with E-state index in [1.54, 1.807) is 54.6 Å². The van der Waals surface area contributed by atoms with E-state index in [0.29, 0.717) is 27.5 Å². The Morgan fingerprint density at radius 1 is 0.769 bits per heavy atom. The van der Waals surface area contributed by atoms with E-state index < -0.39 is 0 Å². The van der Waals surface area contributed by atoms with Gasteiger partial charge in [-0.1, -0.05) is 35.9 Å². The lowest BCUT2D eigenvalue weighted by atomic mass is 10.1. The van der Waals surface area contributed by atoms with Crippen LogP contribution in [0.2, 0.25) is 5.02 Å². The van der Waals surface area contributed by atoms with E-state index in [-0.39, 0.29) is 11.8 Å². The van der Waals surface area contributed by atoms with Crippen molar-refractivity contribution in [2.75, 3.05) is 10.6 Å². The molecule has 0 aliphatic rings. The highest BCUT2D eigenvalue weighted by Gasteiger charge is 2.10. The maximum atomic E-state index is 12.4. The smallest absolute Gasteiger partial charge is 0.255 e. The van der Waals surface area contributed by atoms with Crippen LogP contribution in [0.3, 0.4) is 0 Å². The maximum Gasteiger partial charge on any atom is 0.255 e. The molecule has 0 bridgehead atoms. The number of rotatable bonds is 4. The molecule has 0 aliphatic carbocycles. The predicted molar refractivity (Wildman–Crippen MR) is 105 cm³/mol. The predicted octanol–water partition coefficient (Wildman–Crippen LogP) is 5.15. The molecule has 0 aromatic heterocycles. The van der Waals surface area contributed by atoms with Gasteiger partial charge >= 0.3 is 0 Å². The molecule has 0 atom stereocenters. The van der Waals surface area contributed by atoms with Gasteiger partial charge in [-0.15, -0.1) is 0 Å². The van der Waals surface area contributed by atoms with Crippen molar-refractivity contribution >= 4 is 34.8 Å². The van der Waals surface area contributed by atoms with E-state index in [9.17, 15) is 9.59 Å². The van der Waals surface area contributed by atoms with E-state index in [1.807, 2.05) is 25.1 Å². The third kappa shape index (κ3) is 4.29. The fraction of sp³-hybridized carbons (Fsp3) is 0.0476. The summed E-state index contributed by atoms with van der Waals surface area (Å²) in [5.41, 5.74) is 3.21. The largest absolute Gasteiger partial charge is 0.322 e. The molecule has 3 aromatic rings. The Hall–Kier alpha value is -3.11. The summed E-state index contributed by atoms with van der Waals surface area (Å²) in [6.45, 7) is 1.89. The topological polar surface area (TPSA) is 58.2 Å². The van der Waals surface area contributed by atoms with Gasteiger partial charge in [0, 0.05) is 27.5 Å². The minimum absolute atomic E-state index is 0.190. The quantitative estimate of drug-likeness (QED) is 0.672. The second-order valence-electron chi connectivity index (χ2n) is 5.81. The van der Waals surface area contributed by atoms with Crippen LogP contribution in [0.4, 0.5) is 11.4 Å². The van der Waals surface area contributed by atoms with Crippen LogP contribution in [-0.4, -0.2) is 11.8 Å². The molecule has 0 heterocycles. The van der Waals surface area contributed by atoms with Gasteiger partial charge in [-0.05, 0) is 61.0 Å². The van der Waals surface area contributed by atoms with Crippen molar-refractivity contribution in [3.05, 3.63) is 94.5 Å². The minimum Gasteiger partial charge on any atom is -0.322 e. The molecule has 0 radical (unpaired) electrons. The highest BCUT2D eigenvalue weighted by atomic mass is 35.5. The number of nitrogens with one attached hydrogen (secondary N) is 2. The van der Waals surface area contributed by atoms with E-state index in [2.05, 4.69) is 10.6 Å². The summed E-state index contributed by atoms with van der Waals surface area (Å²) in [4.78, 5) is 24.7. The molecule has 4 nitrogen and oxygen atoms in total. The highest BCUT2D eigenvalue weighted by Crippen LogP contribution is 2.18. The monoisotopic (exact) mass is 364 g/mol. The molecule has 3 rings (SSSR count). The van der Waals surface area contributed by atoms with Gasteiger partial charge in [0.25, 0.3) is 11.8 Å². The molecule has 0 saturated carbocycles. The van der Waals surface area contributed by atoms with E-state index >= 15 is 0 Å². The van der Waals surface area contributed by atoms with E-state index in [0.717, 1.165) is 5.56 Å². The number of halogens is 1. The summed E-state index contributed by atoms with van der Waals surface area (Å²) in [7, 11) is 0. The first kappa shape index (κ1) is 17.7. The van der Waals surface area contributed by atoms with Crippen LogP contribution in [0.25, 0.3) is 0 Å². The van der Waals surface area contributed by atoms with Gasteiger partial charge in [0.05, 0.1) is 0 Å². The third-order valence-electron chi connectivity index (χ3n) is 3.87. The number of hydrogen-bond acceptors (Lipinski definition) is 2. The molecule has 0 spiro atoms. The number of aryl methyl sites for hydroxylation is 1. The zero-order valence-corrected chi connectivity index (χ0v) is 14.9. The zero-order chi connectivity index (χ0) is 18.5. The molecule has 0 aliphatic heterocycles. The SMILES string of the molecule is Cc1ccccc1C(=O)Nc1cccc(NC(=O)c2ccc(Cl)cc2)c1. The molecule has 130 valence electrons. The Morgan fingerprint density at radius 3 is 2.04 bits per heavy atom. The van der Waals surface area contributed by atoms with Crippen molar-refractivity contribution in [3.63, 3.8) is 0 Å². The summed E-state index contributed by atoms with van der Waals surface area (Å²) < 4.78 is 0. The fourth-order valence-electron chi connectivity index (χ4n) is 2.51. The molecular formula is C21H17ClN2O2. The third-order valence-corrected chi connectivity index (χ3v) is 4.13. The highest BCUT2D eigenvalue weighted by molar-refractivity contribution is 6.30. The zero-order valence-electron chi connectivity index (χ0n) is 14.1. The minimum atomic E-state index is -0.246. The van der Waals surface area contributed by atoms with Crippen molar-refractivity contribution in [2.24, 2.45) is 0 Å². The number of benzene rings is 3. The first-order valence-corrected chi connectivity index (χ1v) is 8.45. The summed E-state index contributed by atoms with van der Waals surface area (Å²) in [6, 6.07) is 21.0. The van der Waals surface area contributed by atoms with Gasteiger partial charge in [0.1, 0.15) is 0 Å². The van der Waals surface area contributed by atoms with E-state index in [4.69, 9.17) is 11.6 Å². The second kappa shape index (κ2) is 7.85. The van der Waals surface area contributed by atoms with Crippen molar-refractivity contribution < 1.29 is 9.59 Å². The van der Waals surface area contributed by atoms with Crippen LogP contribution < -0.4 is 10.6 Å². The molecule has 0 saturated heterocycles. The second-order valence-corrected chi connectivity index (χ2v) is 6.25. The van der Waals surface area contributed by atoms with Gasteiger partial charge in [0.2, 0.25) is 0 Å². The Morgan fingerprint density at radius 2 is 1.38 bits per heavy atom. The Balaban J connectivity index is 1.72. The van der Waals surface area contributed by atoms with E-state index in [1.165, 1.54) is 0 Å². The van der Waals surface area contributed by atoms with Crippen molar-refractivity contribution in [1.29, 1.82) is 0 Å². The van der Waals surface area contributed by atoms with Gasteiger partial charge in [-0.25, -0.2) is 0 Å². The van der Waals surface area contributed by atoms with Crippen LogP contribution in [0, 0.1) is 6.92 Å². The van der Waals surface area contributed by atoms with Gasteiger partial charge in [-0.2, -0.15) is 0 Å². The van der Waals surface area contributed by atoms with Crippen LogP contribution in [-0.2, 0) is 0 Å². The molecular weight excluding hydrogens is 348 g/mol. The molecule has 3 aromatic carbocycles. The Labute approximate surface area is 156 Å². The van der Waals surface area contributed by atoms with Crippen LogP contribution >= 0.6 is 11.6 Å². The lowest BCUT2D eigenvalue weighted by Crippen LogP contribution is -2.14. The first-order valence-electron chi connectivity index (χ1n) is 8.07. The molecule has 2 amide bonds. The first-order chi connectivity index (χ1) is 12.5. The maximum absolute atomic E-state index is 12.4. The number of carbonyl (C=O) groups excluding carboxylic acids is 2. The summed E-state index contributed by atoms with van der Waals surface area (Å²) in [6.07, 6.45) is 0. The average molecular weight is 365 g/mol. The normalized spacial score (nSPS) is 10.2. The Kier molecular flexibility index (Phi) is 5.34. The number of hydrogen-bond donors (Lipinski definition) is 2. The molecule has 5 heteroatoms. The van der Waals surface area contributed by atoms with Crippen LogP contribution in [0.1, 0.15) is 26.3 Å². The Bertz CT molecular complexity index is 952. The molecule has 26 heavy (non-hydrogen) atoms. The lowest BCUT2D eigenvalue weighted by molar-refractivity contribution is 0.101. The lowest BCUT2D eigenvalue weighted by Gasteiger charge is -2.10.